The lowest BCUT2D eigenvalue weighted by Crippen LogP contribution is -2.28. The van der Waals surface area contributed by atoms with Crippen molar-refractivity contribution in [2.45, 2.75) is 6.10 Å². The molecule has 2 aromatic rings. The van der Waals surface area contributed by atoms with Gasteiger partial charge in [0.2, 0.25) is 0 Å². The van der Waals surface area contributed by atoms with Crippen LogP contribution >= 0.6 is 24.6 Å². The summed E-state index contributed by atoms with van der Waals surface area (Å²) >= 11 is 0.935. The third-order valence-electron chi connectivity index (χ3n) is 3.27. The minimum absolute atomic E-state index is 0. The molecule has 0 amide bonds. The molecule has 1 unspecified atom stereocenters. The standard InChI is InChI=1S/C14H15BN2O4S.ClH/c16-9-14-12-7-6-10(8-13(12)15(18)19-14)17-22-21-20-11-4-2-1-3-5-11;/h1-8,14,17-18H,9,16H2;1H. The number of fused-ring (bicyclic) bond motifs is 1. The maximum absolute atomic E-state index is 9.86. The average Bonchev–Trinajstić information content (AvgIpc) is 2.88. The van der Waals surface area contributed by atoms with E-state index in [0.717, 1.165) is 23.5 Å². The molecule has 23 heavy (non-hydrogen) atoms. The van der Waals surface area contributed by atoms with Gasteiger partial charge in [0.05, 0.1) is 6.10 Å². The summed E-state index contributed by atoms with van der Waals surface area (Å²) in [6, 6.07) is 14.7. The Morgan fingerprint density at radius 1 is 1.26 bits per heavy atom. The summed E-state index contributed by atoms with van der Waals surface area (Å²) in [6.45, 7) is 0.333. The zero-order valence-electron chi connectivity index (χ0n) is 12.0. The van der Waals surface area contributed by atoms with E-state index >= 15 is 0 Å². The monoisotopic (exact) mass is 354 g/mol. The molecular weight excluding hydrogens is 338 g/mol. The van der Waals surface area contributed by atoms with E-state index in [2.05, 4.69) is 4.72 Å². The Hall–Kier alpha value is -1.42. The minimum Gasteiger partial charge on any atom is -0.423 e. The first-order valence-electron chi connectivity index (χ1n) is 6.76. The summed E-state index contributed by atoms with van der Waals surface area (Å²) in [7, 11) is -0.947. The smallest absolute Gasteiger partial charge is 0.423 e. The lowest BCUT2D eigenvalue weighted by Gasteiger charge is -2.09. The van der Waals surface area contributed by atoms with Crippen molar-refractivity contribution in [2.24, 2.45) is 5.73 Å². The second kappa shape index (κ2) is 8.44. The van der Waals surface area contributed by atoms with Gasteiger partial charge in [-0.2, -0.15) is 0 Å². The molecule has 0 bridgehead atoms. The van der Waals surface area contributed by atoms with Crippen LogP contribution in [0.2, 0.25) is 0 Å². The second-order valence-electron chi connectivity index (χ2n) is 4.71. The van der Waals surface area contributed by atoms with E-state index in [-0.39, 0.29) is 18.5 Å². The van der Waals surface area contributed by atoms with Gasteiger partial charge in [-0.3, -0.25) is 0 Å². The lowest BCUT2D eigenvalue weighted by atomic mass is 9.79. The first kappa shape index (κ1) is 17.9. The number of nitrogens with two attached hydrogens (primary N) is 1. The summed E-state index contributed by atoms with van der Waals surface area (Å²) in [5.74, 6) is 0.611. The first-order chi connectivity index (χ1) is 10.8. The molecule has 0 fully saturated rings. The molecular formula is C14H16BClN2O4S. The minimum atomic E-state index is -0.947. The second-order valence-corrected chi connectivity index (χ2v) is 5.21. The molecule has 4 N–H and O–H groups in total. The van der Waals surface area contributed by atoms with Gasteiger partial charge in [-0.05, 0) is 35.3 Å². The van der Waals surface area contributed by atoms with Crippen LogP contribution in [0.5, 0.6) is 5.75 Å². The SMILES string of the molecule is Cl.NCC1OB(O)c2cc(NSOOc3ccccc3)ccc21. The van der Waals surface area contributed by atoms with Gasteiger partial charge in [0.1, 0.15) is 0 Å². The van der Waals surface area contributed by atoms with Crippen molar-refractivity contribution in [3.8, 4) is 5.75 Å². The highest BCUT2D eigenvalue weighted by Crippen LogP contribution is 2.25. The fraction of sp³-hybridized carbons (Fsp3) is 0.143. The molecule has 1 heterocycles. The Balaban J connectivity index is 0.00000192. The van der Waals surface area contributed by atoms with Gasteiger partial charge in [-0.1, -0.05) is 28.6 Å². The maximum atomic E-state index is 9.86. The van der Waals surface area contributed by atoms with Crippen molar-refractivity contribution in [3.63, 3.8) is 0 Å². The van der Waals surface area contributed by atoms with E-state index < -0.39 is 7.12 Å². The lowest BCUT2D eigenvalue weighted by molar-refractivity contribution is -0.0771. The van der Waals surface area contributed by atoms with Crippen molar-refractivity contribution in [1.29, 1.82) is 0 Å². The molecule has 1 atom stereocenters. The Morgan fingerprint density at radius 3 is 2.78 bits per heavy atom. The summed E-state index contributed by atoms with van der Waals surface area (Å²) in [5.41, 5.74) is 8.00. The van der Waals surface area contributed by atoms with Gasteiger partial charge in [0.25, 0.3) is 0 Å². The van der Waals surface area contributed by atoms with Gasteiger partial charge >= 0.3 is 7.12 Å². The van der Waals surface area contributed by atoms with Gasteiger partial charge < -0.3 is 25.0 Å². The van der Waals surface area contributed by atoms with Crippen molar-refractivity contribution >= 4 is 42.9 Å². The van der Waals surface area contributed by atoms with E-state index in [1.165, 1.54) is 0 Å². The molecule has 0 spiro atoms. The van der Waals surface area contributed by atoms with Crippen LogP contribution in [0.25, 0.3) is 0 Å². The number of nitrogens with one attached hydrogen (secondary N) is 1. The third-order valence-corrected chi connectivity index (χ3v) is 3.73. The highest BCUT2D eigenvalue weighted by atomic mass is 35.5. The molecule has 0 radical (unpaired) electrons. The normalized spacial score (nSPS) is 15.7. The summed E-state index contributed by atoms with van der Waals surface area (Å²) in [4.78, 5) is 5.09. The maximum Gasteiger partial charge on any atom is 0.492 e. The molecule has 0 saturated carbocycles. The molecule has 0 aliphatic carbocycles. The molecule has 0 saturated heterocycles. The van der Waals surface area contributed by atoms with Gasteiger partial charge in [-0.25, -0.2) is 0 Å². The van der Waals surface area contributed by atoms with E-state index in [1.54, 1.807) is 18.2 Å². The average molecular weight is 355 g/mol. The van der Waals surface area contributed by atoms with Crippen LogP contribution in [0, 0.1) is 0 Å². The molecule has 2 aromatic carbocycles. The van der Waals surface area contributed by atoms with Crippen molar-refractivity contribution in [3.05, 3.63) is 54.1 Å². The van der Waals surface area contributed by atoms with Crippen LogP contribution in [0.1, 0.15) is 11.7 Å². The van der Waals surface area contributed by atoms with Crippen LogP contribution < -0.4 is 20.8 Å². The molecule has 9 heteroatoms. The van der Waals surface area contributed by atoms with Gasteiger partial charge in [0, 0.05) is 12.2 Å². The van der Waals surface area contributed by atoms with E-state index in [1.807, 2.05) is 30.3 Å². The predicted molar refractivity (Wildman–Crippen MR) is 93.5 cm³/mol. The van der Waals surface area contributed by atoms with Crippen LogP contribution in [0.4, 0.5) is 5.69 Å². The van der Waals surface area contributed by atoms with Gasteiger partial charge in [0.15, 0.2) is 18.0 Å². The summed E-state index contributed by atoms with van der Waals surface area (Å²) in [6.07, 6.45) is -0.260. The number of anilines is 1. The molecule has 1 aliphatic heterocycles. The molecule has 6 nitrogen and oxygen atoms in total. The Bertz CT molecular complexity index is 637. The van der Waals surface area contributed by atoms with Crippen molar-refractivity contribution in [1.82, 2.24) is 0 Å². The van der Waals surface area contributed by atoms with Crippen molar-refractivity contribution < 1.29 is 18.9 Å². The van der Waals surface area contributed by atoms with E-state index in [0.29, 0.717) is 17.8 Å². The van der Waals surface area contributed by atoms with Crippen LogP contribution in [0.3, 0.4) is 0 Å². The van der Waals surface area contributed by atoms with Crippen LogP contribution in [-0.2, 0) is 8.99 Å². The molecule has 3 rings (SSSR count). The van der Waals surface area contributed by atoms with Gasteiger partial charge in [-0.15, -0.1) is 12.4 Å². The summed E-state index contributed by atoms with van der Waals surface area (Å²) < 4.78 is 13.3. The number of halogens is 1. The Kier molecular flexibility index (Phi) is 6.58. The van der Waals surface area contributed by atoms with Crippen molar-refractivity contribution in [2.75, 3.05) is 11.3 Å². The molecule has 0 aromatic heterocycles. The number of hydrogen-bond donors (Lipinski definition) is 3. The third kappa shape index (κ3) is 4.32. The topological polar surface area (TPSA) is 86.0 Å². The fourth-order valence-corrected chi connectivity index (χ4v) is 2.60. The predicted octanol–water partition coefficient (Wildman–Crippen LogP) is 1.81. The van der Waals surface area contributed by atoms with E-state index in [4.69, 9.17) is 19.6 Å². The Labute approximate surface area is 145 Å². The number of para-hydroxylation sites is 1. The first-order valence-corrected chi connectivity index (χ1v) is 7.51. The van der Waals surface area contributed by atoms with Crippen LogP contribution in [-0.4, -0.2) is 18.7 Å². The fourth-order valence-electron chi connectivity index (χ4n) is 2.23. The number of benzene rings is 2. The largest absolute Gasteiger partial charge is 0.492 e. The highest BCUT2D eigenvalue weighted by molar-refractivity contribution is 7.95. The van der Waals surface area contributed by atoms with Crippen LogP contribution in [0.15, 0.2) is 48.5 Å². The molecule has 1 aliphatic rings. The highest BCUT2D eigenvalue weighted by Gasteiger charge is 2.34. The zero-order valence-corrected chi connectivity index (χ0v) is 13.7. The zero-order chi connectivity index (χ0) is 15.4. The number of hydrogen-bond acceptors (Lipinski definition) is 7. The number of rotatable bonds is 6. The van der Waals surface area contributed by atoms with E-state index in [9.17, 15) is 5.02 Å². The Morgan fingerprint density at radius 2 is 2.04 bits per heavy atom. The quantitative estimate of drug-likeness (QED) is 0.182. The molecule has 122 valence electrons. The summed E-state index contributed by atoms with van der Waals surface area (Å²) in [5, 5.41) is 9.86.